The molecule has 0 unspecified atom stereocenters. The summed E-state index contributed by atoms with van der Waals surface area (Å²) in [5.74, 6) is 2.30. The average molecular weight is 387 g/mol. The molecule has 2 N–H and O–H groups in total. The molecule has 142 valence electrons. The topological polar surface area (TPSA) is 84.3 Å². The van der Waals surface area contributed by atoms with E-state index in [4.69, 9.17) is 10.3 Å². The van der Waals surface area contributed by atoms with E-state index in [0.29, 0.717) is 24.8 Å². The van der Waals surface area contributed by atoms with Gasteiger partial charge in [0.25, 0.3) is 0 Å². The van der Waals surface area contributed by atoms with Crippen LogP contribution in [0, 0.1) is 0 Å². The highest BCUT2D eigenvalue weighted by molar-refractivity contribution is 5.85. The van der Waals surface area contributed by atoms with Crippen molar-refractivity contribution >= 4 is 18.2 Å². The van der Waals surface area contributed by atoms with Gasteiger partial charge < -0.3 is 15.2 Å². The monoisotopic (exact) mass is 386 g/mol. The van der Waals surface area contributed by atoms with Gasteiger partial charge in [0, 0.05) is 44.5 Å². The molecule has 1 fully saturated rings. The first-order valence-corrected chi connectivity index (χ1v) is 8.82. The molecule has 0 spiro atoms. The molecule has 0 aliphatic carbocycles. The van der Waals surface area contributed by atoms with Crippen LogP contribution in [0.2, 0.25) is 0 Å². The minimum atomic E-state index is 0. The molecule has 3 aromatic rings. The van der Waals surface area contributed by atoms with Crippen molar-refractivity contribution in [1.82, 2.24) is 20.0 Å². The van der Waals surface area contributed by atoms with Gasteiger partial charge >= 0.3 is 0 Å². The van der Waals surface area contributed by atoms with Gasteiger partial charge in [-0.1, -0.05) is 35.5 Å². The van der Waals surface area contributed by atoms with Crippen molar-refractivity contribution in [3.05, 3.63) is 60.1 Å². The van der Waals surface area contributed by atoms with Gasteiger partial charge in [0.1, 0.15) is 5.82 Å². The van der Waals surface area contributed by atoms with Crippen LogP contribution in [0.4, 0.5) is 5.82 Å². The van der Waals surface area contributed by atoms with E-state index < -0.39 is 0 Å². The van der Waals surface area contributed by atoms with Gasteiger partial charge in [-0.15, -0.1) is 12.4 Å². The van der Waals surface area contributed by atoms with Crippen LogP contribution in [-0.2, 0) is 13.1 Å². The quantitative estimate of drug-likeness (QED) is 0.720. The van der Waals surface area contributed by atoms with E-state index in [0.717, 1.165) is 43.1 Å². The van der Waals surface area contributed by atoms with Crippen LogP contribution in [0.1, 0.15) is 11.5 Å². The Hall–Kier alpha value is -2.48. The molecule has 0 saturated carbocycles. The largest absolute Gasteiger partial charge is 0.354 e. The predicted molar refractivity (Wildman–Crippen MR) is 107 cm³/mol. The molecular formula is C19H23ClN6O. The molecule has 0 atom stereocenters. The van der Waals surface area contributed by atoms with Gasteiger partial charge in [-0.25, -0.2) is 4.98 Å². The normalized spacial score (nSPS) is 14.8. The molecule has 1 saturated heterocycles. The van der Waals surface area contributed by atoms with Gasteiger partial charge in [-0.3, -0.25) is 4.90 Å². The number of nitrogens with two attached hydrogens (primary N) is 1. The Labute approximate surface area is 164 Å². The molecule has 4 rings (SSSR count). The van der Waals surface area contributed by atoms with Crippen LogP contribution in [0.3, 0.4) is 0 Å². The Morgan fingerprint density at radius 2 is 1.78 bits per heavy atom. The summed E-state index contributed by atoms with van der Waals surface area (Å²) in [7, 11) is 0. The third-order valence-electron chi connectivity index (χ3n) is 4.62. The minimum Gasteiger partial charge on any atom is -0.354 e. The van der Waals surface area contributed by atoms with E-state index in [1.54, 1.807) is 0 Å². The lowest BCUT2D eigenvalue weighted by Gasteiger charge is -2.34. The van der Waals surface area contributed by atoms with Crippen LogP contribution >= 0.6 is 12.4 Å². The average Bonchev–Trinajstić information content (AvgIpc) is 3.18. The van der Waals surface area contributed by atoms with Crippen molar-refractivity contribution in [2.45, 2.75) is 13.1 Å². The fourth-order valence-electron chi connectivity index (χ4n) is 3.09. The molecule has 1 aliphatic rings. The SMILES string of the molecule is Cl.NCc1ccc(-c2noc(CN3CCN(c4ccccn4)CC3)n2)cc1. The lowest BCUT2D eigenvalue weighted by Crippen LogP contribution is -2.46. The van der Waals surface area contributed by atoms with Gasteiger partial charge in [0.15, 0.2) is 0 Å². The number of halogens is 1. The second-order valence-corrected chi connectivity index (χ2v) is 6.36. The molecule has 2 aromatic heterocycles. The molecule has 0 amide bonds. The van der Waals surface area contributed by atoms with Gasteiger partial charge in [-0.05, 0) is 17.7 Å². The summed E-state index contributed by atoms with van der Waals surface area (Å²) in [5.41, 5.74) is 7.66. The lowest BCUT2D eigenvalue weighted by atomic mass is 10.1. The van der Waals surface area contributed by atoms with Crippen LogP contribution in [0.15, 0.2) is 53.2 Å². The molecule has 0 bridgehead atoms. The summed E-state index contributed by atoms with van der Waals surface area (Å²) in [6.07, 6.45) is 1.84. The Bertz CT molecular complexity index is 831. The standard InChI is InChI=1S/C19H22N6O.ClH/c20-13-15-4-6-16(7-5-15)19-22-18(26-23-19)14-24-9-11-25(12-10-24)17-3-1-2-8-21-17;/h1-8H,9-14,20H2;1H. The number of piperazine rings is 1. The molecule has 7 nitrogen and oxygen atoms in total. The smallest absolute Gasteiger partial charge is 0.241 e. The maximum atomic E-state index is 5.63. The van der Waals surface area contributed by atoms with Crippen molar-refractivity contribution in [3.8, 4) is 11.4 Å². The van der Waals surface area contributed by atoms with E-state index >= 15 is 0 Å². The van der Waals surface area contributed by atoms with E-state index in [2.05, 4.69) is 31.0 Å². The summed E-state index contributed by atoms with van der Waals surface area (Å²) in [6, 6.07) is 13.9. The number of nitrogens with zero attached hydrogens (tertiary/aromatic N) is 5. The third kappa shape index (κ3) is 4.63. The molecule has 3 heterocycles. The molecule has 0 radical (unpaired) electrons. The van der Waals surface area contributed by atoms with Crippen molar-refractivity contribution in [3.63, 3.8) is 0 Å². The molecule has 1 aromatic carbocycles. The summed E-state index contributed by atoms with van der Waals surface area (Å²) in [6.45, 7) is 4.97. The summed E-state index contributed by atoms with van der Waals surface area (Å²) in [4.78, 5) is 13.6. The highest BCUT2D eigenvalue weighted by Gasteiger charge is 2.20. The number of rotatable bonds is 5. The number of hydrogen-bond acceptors (Lipinski definition) is 7. The minimum absolute atomic E-state index is 0. The van der Waals surface area contributed by atoms with E-state index in [9.17, 15) is 0 Å². The number of hydrogen-bond donors (Lipinski definition) is 1. The van der Waals surface area contributed by atoms with E-state index in [1.807, 2.05) is 42.6 Å². The zero-order valence-electron chi connectivity index (χ0n) is 15.0. The Morgan fingerprint density at radius 1 is 1.00 bits per heavy atom. The van der Waals surface area contributed by atoms with Crippen molar-refractivity contribution in [2.24, 2.45) is 5.73 Å². The third-order valence-corrected chi connectivity index (χ3v) is 4.62. The Kier molecular flexibility index (Phi) is 6.39. The van der Waals surface area contributed by atoms with E-state index in [1.165, 1.54) is 0 Å². The number of pyridine rings is 1. The van der Waals surface area contributed by atoms with Gasteiger partial charge in [0.2, 0.25) is 11.7 Å². The summed E-state index contributed by atoms with van der Waals surface area (Å²) < 4.78 is 5.44. The zero-order chi connectivity index (χ0) is 17.8. The maximum Gasteiger partial charge on any atom is 0.241 e. The summed E-state index contributed by atoms with van der Waals surface area (Å²) in [5, 5.41) is 4.11. The fraction of sp³-hybridized carbons (Fsp3) is 0.316. The second-order valence-electron chi connectivity index (χ2n) is 6.36. The second kappa shape index (κ2) is 8.94. The lowest BCUT2D eigenvalue weighted by molar-refractivity contribution is 0.215. The zero-order valence-corrected chi connectivity index (χ0v) is 15.8. The van der Waals surface area contributed by atoms with Gasteiger partial charge in [-0.2, -0.15) is 4.98 Å². The highest BCUT2D eigenvalue weighted by Crippen LogP contribution is 2.18. The highest BCUT2D eigenvalue weighted by atomic mass is 35.5. The molecular weight excluding hydrogens is 364 g/mol. The fourth-order valence-corrected chi connectivity index (χ4v) is 3.09. The maximum absolute atomic E-state index is 5.63. The summed E-state index contributed by atoms with van der Waals surface area (Å²) >= 11 is 0. The molecule has 1 aliphatic heterocycles. The van der Waals surface area contributed by atoms with Crippen LogP contribution in [-0.4, -0.2) is 46.2 Å². The predicted octanol–water partition coefficient (Wildman–Crippen LogP) is 2.33. The Morgan fingerprint density at radius 3 is 2.44 bits per heavy atom. The molecule has 8 heteroatoms. The van der Waals surface area contributed by atoms with Crippen molar-refractivity contribution in [2.75, 3.05) is 31.1 Å². The van der Waals surface area contributed by atoms with Gasteiger partial charge in [0.05, 0.1) is 6.54 Å². The molecule has 27 heavy (non-hydrogen) atoms. The number of benzene rings is 1. The van der Waals surface area contributed by atoms with Crippen molar-refractivity contribution < 1.29 is 4.52 Å². The van der Waals surface area contributed by atoms with Crippen molar-refractivity contribution in [1.29, 1.82) is 0 Å². The number of aromatic nitrogens is 3. The first kappa shape index (κ1) is 19.3. The number of anilines is 1. The first-order chi connectivity index (χ1) is 12.8. The van der Waals surface area contributed by atoms with Crippen LogP contribution in [0.25, 0.3) is 11.4 Å². The first-order valence-electron chi connectivity index (χ1n) is 8.82. The Balaban J connectivity index is 0.00000210. The van der Waals surface area contributed by atoms with E-state index in [-0.39, 0.29) is 12.4 Å². The van der Waals surface area contributed by atoms with Crippen LogP contribution in [0.5, 0.6) is 0 Å². The van der Waals surface area contributed by atoms with Crippen LogP contribution < -0.4 is 10.6 Å².